The van der Waals surface area contributed by atoms with Crippen LogP contribution in [0.2, 0.25) is 0 Å². The van der Waals surface area contributed by atoms with E-state index in [0.29, 0.717) is 33.2 Å². The molecule has 1 amide bonds. The van der Waals surface area contributed by atoms with Gasteiger partial charge in [0.1, 0.15) is 17.6 Å². The molecule has 0 spiro atoms. The average molecular weight is 417 g/mol. The molecule has 7 heteroatoms. The lowest BCUT2D eigenvalue weighted by atomic mass is 10.2. The van der Waals surface area contributed by atoms with Crippen LogP contribution in [0.15, 0.2) is 72.8 Å². The lowest BCUT2D eigenvalue weighted by Gasteiger charge is -2.20. The van der Waals surface area contributed by atoms with Crippen molar-refractivity contribution in [2.45, 2.75) is 6.54 Å². The molecule has 3 aromatic carbocycles. The fourth-order valence-corrected chi connectivity index (χ4v) is 3.94. The number of thiazole rings is 1. The highest BCUT2D eigenvalue weighted by atomic mass is 32.1. The molecule has 1 heterocycles. The summed E-state index contributed by atoms with van der Waals surface area (Å²) >= 11 is 1.24. The van der Waals surface area contributed by atoms with Gasteiger partial charge in [0.15, 0.2) is 11.7 Å². The van der Waals surface area contributed by atoms with Gasteiger partial charge in [-0.1, -0.05) is 53.8 Å². The number of rotatable bonds is 6. The van der Waals surface area contributed by atoms with E-state index in [9.17, 15) is 14.4 Å². The number of aromatic nitrogens is 1. The molecule has 0 aliphatic carbocycles. The van der Waals surface area contributed by atoms with Crippen molar-refractivity contribution < 1.29 is 13.9 Å². The number of ether oxygens (including phenoxy) is 1. The molecule has 30 heavy (non-hydrogen) atoms. The highest BCUT2D eigenvalue weighted by Crippen LogP contribution is 2.30. The van der Waals surface area contributed by atoms with Crippen molar-refractivity contribution in [3.63, 3.8) is 0 Å². The van der Waals surface area contributed by atoms with Crippen molar-refractivity contribution in [3.05, 3.63) is 89.7 Å². The number of hydrogen-bond donors (Lipinski definition) is 0. The number of hydrogen-bond acceptors (Lipinski definition) is 5. The van der Waals surface area contributed by atoms with Gasteiger partial charge < -0.3 is 4.74 Å². The Morgan fingerprint density at radius 1 is 1.10 bits per heavy atom. The van der Waals surface area contributed by atoms with E-state index in [4.69, 9.17) is 4.74 Å². The number of carbonyl (C=O) groups excluding carboxylic acids is 1. The Labute approximate surface area is 176 Å². The minimum absolute atomic E-state index is 0.254. The van der Waals surface area contributed by atoms with Crippen LogP contribution in [0.1, 0.15) is 11.1 Å². The summed E-state index contributed by atoms with van der Waals surface area (Å²) in [6.45, 7) is 0.0427. The molecule has 0 bridgehead atoms. The van der Waals surface area contributed by atoms with Gasteiger partial charge in [-0.25, -0.2) is 9.37 Å². The Kier molecular flexibility index (Phi) is 5.68. The first-order valence-electron chi connectivity index (χ1n) is 9.16. The third kappa shape index (κ3) is 4.29. The zero-order chi connectivity index (χ0) is 20.9. The van der Waals surface area contributed by atoms with Gasteiger partial charge in [0, 0.05) is 0 Å². The maximum atomic E-state index is 13.6. The summed E-state index contributed by atoms with van der Waals surface area (Å²) in [5.41, 5.74) is 1.90. The van der Waals surface area contributed by atoms with Gasteiger partial charge >= 0.3 is 0 Å². The number of benzene rings is 3. The predicted octanol–water partition coefficient (Wildman–Crippen LogP) is 4.92. The van der Waals surface area contributed by atoms with Crippen LogP contribution >= 0.6 is 11.3 Å². The maximum absolute atomic E-state index is 13.6. The zero-order valence-corrected chi connectivity index (χ0v) is 16.6. The third-order valence-electron chi connectivity index (χ3n) is 4.41. The number of para-hydroxylation sites is 1. The third-order valence-corrected chi connectivity index (χ3v) is 5.45. The molecule has 0 atom stereocenters. The topological polar surface area (TPSA) is 66.2 Å². The minimum atomic E-state index is -0.352. The smallest absolute Gasteiger partial charge is 0.267 e. The fraction of sp³-hybridized carbons (Fsp3) is 0.0870. The van der Waals surface area contributed by atoms with Crippen LogP contribution in [0.5, 0.6) is 5.75 Å². The van der Waals surface area contributed by atoms with Crippen molar-refractivity contribution >= 4 is 32.6 Å². The van der Waals surface area contributed by atoms with E-state index in [1.54, 1.807) is 30.3 Å². The van der Waals surface area contributed by atoms with Crippen LogP contribution in [0.4, 0.5) is 9.52 Å². The van der Waals surface area contributed by atoms with Crippen LogP contribution in [0.25, 0.3) is 10.2 Å². The summed E-state index contributed by atoms with van der Waals surface area (Å²) in [5, 5.41) is 9.66. The average Bonchev–Trinajstić information content (AvgIpc) is 3.19. The van der Waals surface area contributed by atoms with Gasteiger partial charge in [0.25, 0.3) is 5.91 Å². The van der Waals surface area contributed by atoms with Crippen molar-refractivity contribution in [2.75, 3.05) is 11.5 Å². The van der Waals surface area contributed by atoms with Crippen LogP contribution in [-0.2, 0) is 11.3 Å². The molecule has 0 aliphatic rings. The maximum Gasteiger partial charge on any atom is 0.267 e. The van der Waals surface area contributed by atoms with E-state index in [-0.39, 0.29) is 18.3 Å². The Balaban J connectivity index is 1.62. The SMILES string of the molecule is N#Cc1ccccc1OCC(=O)N(Cc1ccccc1)c1nc2ccc(F)cc2s1. The molecule has 0 saturated carbocycles. The zero-order valence-electron chi connectivity index (χ0n) is 15.8. The first-order valence-corrected chi connectivity index (χ1v) is 9.98. The molecular weight excluding hydrogens is 401 g/mol. The summed E-state index contributed by atoms with van der Waals surface area (Å²) in [6, 6.07) is 22.7. The monoisotopic (exact) mass is 417 g/mol. The highest BCUT2D eigenvalue weighted by molar-refractivity contribution is 7.22. The fourth-order valence-electron chi connectivity index (χ4n) is 2.93. The van der Waals surface area contributed by atoms with Crippen molar-refractivity contribution in [3.8, 4) is 11.8 Å². The summed E-state index contributed by atoms with van der Waals surface area (Å²) in [4.78, 5) is 19.1. The van der Waals surface area contributed by atoms with Crippen molar-refractivity contribution in [1.82, 2.24) is 4.98 Å². The quantitative estimate of drug-likeness (QED) is 0.447. The standard InChI is InChI=1S/C23H16FN3O2S/c24-18-10-11-19-21(12-18)30-23(26-19)27(14-16-6-2-1-3-7-16)22(28)15-29-20-9-5-4-8-17(20)13-25/h1-12H,14-15H2. The molecule has 0 unspecified atom stereocenters. The van der Waals surface area contributed by atoms with E-state index in [1.807, 2.05) is 36.4 Å². The first-order chi connectivity index (χ1) is 14.6. The largest absolute Gasteiger partial charge is 0.482 e. The molecular formula is C23H16FN3O2S. The molecule has 4 aromatic rings. The molecule has 0 aliphatic heterocycles. The number of carbonyl (C=O) groups is 1. The van der Waals surface area contributed by atoms with Crippen molar-refractivity contribution in [1.29, 1.82) is 5.26 Å². The van der Waals surface area contributed by atoms with Crippen LogP contribution in [0, 0.1) is 17.1 Å². The minimum Gasteiger partial charge on any atom is -0.482 e. The number of nitriles is 1. The summed E-state index contributed by atoms with van der Waals surface area (Å²) in [7, 11) is 0. The number of anilines is 1. The molecule has 0 N–H and O–H groups in total. The molecule has 5 nitrogen and oxygen atoms in total. The Hall–Kier alpha value is -3.76. The van der Waals surface area contributed by atoms with Gasteiger partial charge in [-0.15, -0.1) is 0 Å². The normalized spacial score (nSPS) is 10.5. The number of nitrogens with zero attached hydrogens (tertiary/aromatic N) is 3. The number of halogens is 1. The highest BCUT2D eigenvalue weighted by Gasteiger charge is 2.21. The summed E-state index contributed by atoms with van der Waals surface area (Å²) < 4.78 is 19.9. The molecule has 0 saturated heterocycles. The molecule has 1 aromatic heterocycles. The van der Waals surface area contributed by atoms with Crippen LogP contribution in [0.3, 0.4) is 0 Å². The Morgan fingerprint density at radius 3 is 2.67 bits per heavy atom. The summed E-state index contributed by atoms with van der Waals surface area (Å²) in [5.74, 6) is -0.319. The van der Waals surface area contributed by atoms with Crippen LogP contribution < -0.4 is 9.64 Å². The van der Waals surface area contributed by atoms with Gasteiger partial charge in [0.05, 0.1) is 22.3 Å². The molecule has 148 valence electrons. The molecule has 0 radical (unpaired) electrons. The van der Waals surface area contributed by atoms with E-state index in [0.717, 1.165) is 5.56 Å². The number of amides is 1. The molecule has 0 fully saturated rings. The van der Waals surface area contributed by atoms with E-state index in [2.05, 4.69) is 4.98 Å². The lowest BCUT2D eigenvalue weighted by molar-refractivity contribution is -0.120. The lowest BCUT2D eigenvalue weighted by Crippen LogP contribution is -2.34. The van der Waals surface area contributed by atoms with Gasteiger partial charge in [-0.2, -0.15) is 5.26 Å². The van der Waals surface area contributed by atoms with E-state index >= 15 is 0 Å². The second-order valence-electron chi connectivity index (χ2n) is 6.47. The first kappa shape index (κ1) is 19.6. The second kappa shape index (κ2) is 8.72. The van der Waals surface area contributed by atoms with E-state index in [1.165, 1.54) is 28.4 Å². The Bertz CT molecular complexity index is 1230. The van der Waals surface area contributed by atoms with Crippen LogP contribution in [-0.4, -0.2) is 17.5 Å². The van der Waals surface area contributed by atoms with Gasteiger partial charge in [0.2, 0.25) is 0 Å². The van der Waals surface area contributed by atoms with Crippen molar-refractivity contribution in [2.24, 2.45) is 0 Å². The van der Waals surface area contributed by atoms with Gasteiger partial charge in [-0.05, 0) is 35.9 Å². The summed E-state index contributed by atoms with van der Waals surface area (Å²) in [6.07, 6.45) is 0. The second-order valence-corrected chi connectivity index (χ2v) is 7.48. The predicted molar refractivity (Wildman–Crippen MR) is 114 cm³/mol. The van der Waals surface area contributed by atoms with E-state index < -0.39 is 0 Å². The van der Waals surface area contributed by atoms with Gasteiger partial charge in [-0.3, -0.25) is 9.69 Å². The Morgan fingerprint density at radius 2 is 1.87 bits per heavy atom. The number of fused-ring (bicyclic) bond motifs is 1. The molecule has 4 rings (SSSR count).